The van der Waals surface area contributed by atoms with Crippen molar-refractivity contribution in [2.24, 2.45) is 0 Å². The van der Waals surface area contributed by atoms with E-state index in [-0.39, 0.29) is 9.79 Å². The molecule has 0 fully saturated rings. The van der Waals surface area contributed by atoms with E-state index in [2.05, 4.69) is 4.98 Å². The minimum Gasteiger partial charge on any atom is -0.255 e. The van der Waals surface area contributed by atoms with Gasteiger partial charge in [-0.25, -0.2) is 8.42 Å². The van der Waals surface area contributed by atoms with Crippen molar-refractivity contribution >= 4 is 9.84 Å². The summed E-state index contributed by atoms with van der Waals surface area (Å²) in [4.78, 5) is 4.89. The zero-order valence-corrected chi connectivity index (χ0v) is 13.8. The van der Waals surface area contributed by atoms with Crippen LogP contribution in [0.2, 0.25) is 0 Å². The molecule has 3 nitrogen and oxygen atoms in total. The second-order valence-electron chi connectivity index (χ2n) is 5.52. The van der Waals surface area contributed by atoms with E-state index in [4.69, 9.17) is 0 Å². The summed E-state index contributed by atoms with van der Waals surface area (Å²) in [6, 6.07) is 18.3. The highest BCUT2D eigenvalue weighted by Gasteiger charge is 2.19. The summed E-state index contributed by atoms with van der Waals surface area (Å²) >= 11 is 0. The molecule has 1 heterocycles. The van der Waals surface area contributed by atoms with E-state index in [9.17, 15) is 8.42 Å². The van der Waals surface area contributed by atoms with E-state index in [1.807, 2.05) is 44.2 Å². The molecule has 0 N–H and O–H groups in total. The maximum Gasteiger partial charge on any atom is 0.208 e. The topological polar surface area (TPSA) is 47.0 Å². The largest absolute Gasteiger partial charge is 0.255 e. The summed E-state index contributed by atoms with van der Waals surface area (Å²) in [6.07, 6.45) is 1.44. The fourth-order valence-corrected chi connectivity index (χ4v) is 3.74. The predicted octanol–water partition coefficient (Wildman–Crippen LogP) is 4.20. The average Bonchev–Trinajstić information content (AvgIpc) is 2.56. The zero-order chi connectivity index (χ0) is 16.4. The molecule has 2 aromatic carbocycles. The Morgan fingerprint density at radius 3 is 2.09 bits per heavy atom. The number of pyridine rings is 1. The van der Waals surface area contributed by atoms with Crippen molar-refractivity contribution in [3.63, 3.8) is 0 Å². The first kappa shape index (κ1) is 15.4. The van der Waals surface area contributed by atoms with Gasteiger partial charge in [-0.1, -0.05) is 48.0 Å². The van der Waals surface area contributed by atoms with Gasteiger partial charge in [0.2, 0.25) is 9.84 Å². The van der Waals surface area contributed by atoms with Crippen LogP contribution in [0.3, 0.4) is 0 Å². The molecule has 0 aliphatic heterocycles. The minimum absolute atomic E-state index is 0.221. The third kappa shape index (κ3) is 3.03. The van der Waals surface area contributed by atoms with Crippen LogP contribution in [0, 0.1) is 13.8 Å². The Balaban J connectivity index is 2.05. The summed E-state index contributed by atoms with van der Waals surface area (Å²) < 4.78 is 25.4. The number of benzene rings is 2. The summed E-state index contributed by atoms with van der Waals surface area (Å²) in [5.41, 5.74) is 3.64. The summed E-state index contributed by atoms with van der Waals surface area (Å²) in [6.45, 7) is 3.81. The molecule has 0 amide bonds. The van der Waals surface area contributed by atoms with Crippen LogP contribution in [0.5, 0.6) is 0 Å². The second kappa shape index (κ2) is 5.97. The Morgan fingerprint density at radius 1 is 0.826 bits per heavy atom. The highest BCUT2D eigenvalue weighted by atomic mass is 32.2. The predicted molar refractivity (Wildman–Crippen MR) is 91.0 cm³/mol. The van der Waals surface area contributed by atoms with Gasteiger partial charge in [0, 0.05) is 11.8 Å². The van der Waals surface area contributed by atoms with Crippen molar-refractivity contribution in [1.82, 2.24) is 4.98 Å². The fourth-order valence-electron chi connectivity index (χ4n) is 2.45. The molecule has 0 unspecified atom stereocenters. The lowest BCUT2D eigenvalue weighted by molar-refractivity contribution is 0.595. The highest BCUT2D eigenvalue weighted by molar-refractivity contribution is 7.91. The third-order valence-electron chi connectivity index (χ3n) is 3.74. The Kier molecular flexibility index (Phi) is 4.01. The number of aromatic nitrogens is 1. The minimum atomic E-state index is -3.54. The molecule has 0 spiro atoms. The molecule has 3 aromatic rings. The van der Waals surface area contributed by atoms with Crippen molar-refractivity contribution in [2.45, 2.75) is 23.6 Å². The van der Waals surface area contributed by atoms with Crippen LogP contribution in [-0.2, 0) is 9.84 Å². The molecular formula is C19H17NO2S. The van der Waals surface area contributed by atoms with Crippen LogP contribution in [0.4, 0.5) is 0 Å². The Labute approximate surface area is 136 Å². The maximum atomic E-state index is 12.7. The molecule has 0 aliphatic rings. The van der Waals surface area contributed by atoms with Gasteiger partial charge in [0.15, 0.2) is 0 Å². The lowest BCUT2D eigenvalue weighted by atomic mass is 10.1. The Bertz CT molecular complexity index is 931. The smallest absolute Gasteiger partial charge is 0.208 e. The first-order valence-corrected chi connectivity index (χ1v) is 8.80. The summed E-state index contributed by atoms with van der Waals surface area (Å²) in [5.74, 6) is 0. The van der Waals surface area contributed by atoms with Crippen LogP contribution < -0.4 is 0 Å². The van der Waals surface area contributed by atoms with Crippen molar-refractivity contribution < 1.29 is 8.42 Å². The van der Waals surface area contributed by atoms with Gasteiger partial charge < -0.3 is 0 Å². The van der Waals surface area contributed by atoms with Crippen LogP contribution in [0.25, 0.3) is 11.3 Å². The number of hydrogen-bond donors (Lipinski definition) is 0. The Morgan fingerprint density at radius 2 is 1.48 bits per heavy atom. The van der Waals surface area contributed by atoms with Gasteiger partial charge in [-0.2, -0.15) is 0 Å². The second-order valence-corrected chi connectivity index (χ2v) is 7.47. The molecule has 0 atom stereocenters. The number of sulfone groups is 1. The van der Waals surface area contributed by atoms with Crippen LogP contribution in [0.1, 0.15) is 11.1 Å². The highest BCUT2D eigenvalue weighted by Crippen LogP contribution is 2.26. The van der Waals surface area contributed by atoms with Crippen molar-refractivity contribution in [3.05, 3.63) is 78.0 Å². The first-order chi connectivity index (χ1) is 11.0. The van der Waals surface area contributed by atoms with Crippen molar-refractivity contribution in [2.75, 3.05) is 0 Å². The molecule has 0 bridgehead atoms. The number of nitrogens with zero attached hydrogens (tertiary/aromatic N) is 1. The molecule has 4 heteroatoms. The van der Waals surface area contributed by atoms with E-state index in [1.165, 1.54) is 6.20 Å². The van der Waals surface area contributed by atoms with E-state index >= 15 is 0 Å². The Hall–Kier alpha value is -2.46. The van der Waals surface area contributed by atoms with Crippen molar-refractivity contribution in [1.29, 1.82) is 0 Å². The maximum absolute atomic E-state index is 12.7. The number of rotatable bonds is 3. The van der Waals surface area contributed by atoms with Gasteiger partial charge in [-0.05, 0) is 37.6 Å². The standard InChI is InChI=1S/C19H17NO2S/c1-14-8-10-17(11-9-14)23(21,22)18-12-15(2)19(20-13-18)16-6-4-3-5-7-16/h3-13H,1-2H3. The van der Waals surface area contributed by atoms with Crippen molar-refractivity contribution in [3.8, 4) is 11.3 Å². The normalized spacial score (nSPS) is 11.4. The molecule has 0 saturated heterocycles. The van der Waals surface area contributed by atoms with Gasteiger partial charge in [0.25, 0.3) is 0 Å². The molecule has 23 heavy (non-hydrogen) atoms. The molecular weight excluding hydrogens is 306 g/mol. The summed E-state index contributed by atoms with van der Waals surface area (Å²) in [7, 11) is -3.54. The van der Waals surface area contributed by atoms with Gasteiger partial charge >= 0.3 is 0 Å². The van der Waals surface area contributed by atoms with Gasteiger partial charge in [0.05, 0.1) is 15.5 Å². The fraction of sp³-hybridized carbons (Fsp3) is 0.105. The molecule has 0 radical (unpaired) electrons. The lowest BCUT2D eigenvalue weighted by Crippen LogP contribution is -2.04. The molecule has 116 valence electrons. The molecule has 0 aliphatic carbocycles. The van der Waals surface area contributed by atoms with E-state index < -0.39 is 9.84 Å². The van der Waals surface area contributed by atoms with E-state index in [1.54, 1.807) is 30.3 Å². The van der Waals surface area contributed by atoms with Crippen LogP contribution in [0.15, 0.2) is 76.7 Å². The molecule has 0 saturated carbocycles. The van der Waals surface area contributed by atoms with Gasteiger partial charge in [-0.3, -0.25) is 4.98 Å². The van der Waals surface area contributed by atoms with Crippen LogP contribution in [-0.4, -0.2) is 13.4 Å². The molecule has 1 aromatic heterocycles. The van der Waals surface area contributed by atoms with E-state index in [0.29, 0.717) is 0 Å². The monoisotopic (exact) mass is 323 g/mol. The van der Waals surface area contributed by atoms with E-state index in [0.717, 1.165) is 22.4 Å². The molecule has 3 rings (SSSR count). The SMILES string of the molecule is Cc1ccc(S(=O)(=O)c2cnc(-c3ccccc3)c(C)c2)cc1. The lowest BCUT2D eigenvalue weighted by Gasteiger charge is -2.09. The van der Waals surface area contributed by atoms with Crippen LogP contribution >= 0.6 is 0 Å². The van der Waals surface area contributed by atoms with Gasteiger partial charge in [-0.15, -0.1) is 0 Å². The number of hydrogen-bond acceptors (Lipinski definition) is 3. The zero-order valence-electron chi connectivity index (χ0n) is 13.0. The first-order valence-electron chi connectivity index (χ1n) is 7.32. The third-order valence-corrected chi connectivity index (χ3v) is 5.48. The van der Waals surface area contributed by atoms with Gasteiger partial charge in [0.1, 0.15) is 0 Å². The average molecular weight is 323 g/mol. The summed E-state index contributed by atoms with van der Waals surface area (Å²) in [5, 5.41) is 0. The quantitative estimate of drug-likeness (QED) is 0.726. The number of aryl methyl sites for hydroxylation is 2.